The van der Waals surface area contributed by atoms with Gasteiger partial charge in [0, 0.05) is 10.9 Å². The lowest BCUT2D eigenvalue weighted by molar-refractivity contribution is 0.0511. The molecule has 7 heteroatoms. The fourth-order valence-corrected chi connectivity index (χ4v) is 3.16. The van der Waals surface area contributed by atoms with Gasteiger partial charge in [-0.25, -0.2) is 14.2 Å². The molecule has 0 radical (unpaired) electrons. The minimum Gasteiger partial charge on any atom is -0.312 e. The quantitative estimate of drug-likeness (QED) is 0.359. The van der Waals surface area contributed by atoms with E-state index in [0.717, 1.165) is 16.6 Å². The molecule has 25 heavy (non-hydrogen) atoms. The highest BCUT2D eigenvalue weighted by molar-refractivity contribution is 7.13. The second-order valence-corrected chi connectivity index (χ2v) is 6.32. The predicted molar refractivity (Wildman–Crippen MR) is 96.6 cm³/mol. The Hall–Kier alpha value is -2.57. The molecule has 126 valence electrons. The van der Waals surface area contributed by atoms with Crippen LogP contribution in [0.25, 0.3) is 10.6 Å². The molecule has 0 aliphatic heterocycles. The number of carbonyl (C=O) groups is 1. The van der Waals surface area contributed by atoms with Gasteiger partial charge in [-0.3, -0.25) is 0 Å². The summed E-state index contributed by atoms with van der Waals surface area (Å²) < 4.78 is 13.7. The van der Waals surface area contributed by atoms with E-state index in [4.69, 9.17) is 16.4 Å². The molecule has 3 rings (SSSR count). The summed E-state index contributed by atoms with van der Waals surface area (Å²) in [5.74, 6) is -1.72. The first kappa shape index (κ1) is 17.3. The van der Waals surface area contributed by atoms with Crippen LogP contribution in [-0.2, 0) is 4.84 Å². The van der Waals surface area contributed by atoms with E-state index in [9.17, 15) is 9.18 Å². The number of thiazole rings is 1. The van der Waals surface area contributed by atoms with Crippen LogP contribution < -0.4 is 0 Å². The molecule has 0 N–H and O–H groups in total. The summed E-state index contributed by atoms with van der Waals surface area (Å²) >= 11 is 7.28. The first-order valence-electron chi connectivity index (χ1n) is 7.27. The van der Waals surface area contributed by atoms with Crippen molar-refractivity contribution in [3.8, 4) is 10.6 Å². The number of hydrogen-bond donors (Lipinski definition) is 0. The van der Waals surface area contributed by atoms with Crippen molar-refractivity contribution in [2.45, 2.75) is 6.92 Å². The van der Waals surface area contributed by atoms with Crippen LogP contribution in [-0.4, -0.2) is 16.7 Å². The fourth-order valence-electron chi connectivity index (χ4n) is 2.05. The zero-order chi connectivity index (χ0) is 17.8. The molecule has 0 atom stereocenters. The number of nitrogens with zero attached hydrogens (tertiary/aromatic N) is 2. The number of carbonyl (C=O) groups excluding carboxylic acids is 1. The average molecular weight is 375 g/mol. The van der Waals surface area contributed by atoms with E-state index in [-0.39, 0.29) is 10.6 Å². The number of halogens is 2. The van der Waals surface area contributed by atoms with Gasteiger partial charge in [0.15, 0.2) is 0 Å². The molecule has 4 nitrogen and oxygen atoms in total. The monoisotopic (exact) mass is 374 g/mol. The lowest BCUT2D eigenvalue weighted by Gasteiger charge is -2.03. The van der Waals surface area contributed by atoms with Gasteiger partial charge in [0.2, 0.25) is 0 Å². The maximum atomic E-state index is 13.7. The van der Waals surface area contributed by atoms with Gasteiger partial charge in [-0.05, 0) is 19.1 Å². The van der Waals surface area contributed by atoms with Crippen molar-refractivity contribution < 1.29 is 14.0 Å². The molecule has 0 fully saturated rings. The van der Waals surface area contributed by atoms with E-state index in [2.05, 4.69) is 10.1 Å². The van der Waals surface area contributed by atoms with Crippen molar-refractivity contribution in [2.24, 2.45) is 5.16 Å². The molecule has 1 aromatic heterocycles. The zero-order valence-corrected chi connectivity index (χ0v) is 14.6. The third-order valence-electron chi connectivity index (χ3n) is 3.33. The van der Waals surface area contributed by atoms with Crippen LogP contribution >= 0.6 is 22.9 Å². The Morgan fingerprint density at radius 1 is 1.20 bits per heavy atom. The molecule has 0 bridgehead atoms. The summed E-state index contributed by atoms with van der Waals surface area (Å²) in [5.41, 5.74) is 1.63. The van der Waals surface area contributed by atoms with Gasteiger partial charge in [0.1, 0.15) is 22.1 Å². The van der Waals surface area contributed by atoms with E-state index in [1.165, 1.54) is 23.5 Å². The van der Waals surface area contributed by atoms with Crippen molar-refractivity contribution in [3.05, 3.63) is 76.0 Å². The second-order valence-electron chi connectivity index (χ2n) is 5.06. The van der Waals surface area contributed by atoms with Gasteiger partial charge in [-0.15, -0.1) is 11.3 Å². The van der Waals surface area contributed by atoms with Crippen LogP contribution in [0.3, 0.4) is 0 Å². The molecule has 0 saturated carbocycles. The highest BCUT2D eigenvalue weighted by Crippen LogP contribution is 2.24. The molecular formula is C18H12ClFN2O2S. The van der Waals surface area contributed by atoms with Gasteiger partial charge in [-0.2, -0.15) is 0 Å². The Labute approximate surface area is 152 Å². The summed E-state index contributed by atoms with van der Waals surface area (Å²) in [6, 6.07) is 13.6. The summed E-state index contributed by atoms with van der Waals surface area (Å²) in [7, 11) is 0. The van der Waals surface area contributed by atoms with Crippen molar-refractivity contribution >= 4 is 34.6 Å². The molecule has 0 spiro atoms. The van der Waals surface area contributed by atoms with Crippen molar-refractivity contribution in [3.63, 3.8) is 0 Å². The normalized spacial score (nSPS) is 11.4. The molecule has 0 amide bonds. The van der Waals surface area contributed by atoms with Gasteiger partial charge >= 0.3 is 5.97 Å². The first-order chi connectivity index (χ1) is 12.1. The van der Waals surface area contributed by atoms with Crippen LogP contribution in [0.4, 0.5) is 4.39 Å². The molecule has 0 unspecified atom stereocenters. The van der Waals surface area contributed by atoms with Crippen molar-refractivity contribution in [2.75, 3.05) is 0 Å². The van der Waals surface area contributed by atoms with E-state index in [1.807, 2.05) is 35.7 Å². The average Bonchev–Trinajstić information content (AvgIpc) is 3.10. The Morgan fingerprint density at radius 3 is 2.68 bits per heavy atom. The molecular weight excluding hydrogens is 363 g/mol. The molecule has 0 saturated heterocycles. The maximum absolute atomic E-state index is 13.7. The number of rotatable bonds is 4. The highest BCUT2D eigenvalue weighted by Gasteiger charge is 2.18. The van der Waals surface area contributed by atoms with Crippen LogP contribution in [0.5, 0.6) is 0 Å². The minimum atomic E-state index is -0.957. The summed E-state index contributed by atoms with van der Waals surface area (Å²) in [5, 5.41) is 6.35. The Bertz CT molecular complexity index is 921. The number of benzene rings is 2. The van der Waals surface area contributed by atoms with Gasteiger partial charge in [0.25, 0.3) is 0 Å². The molecule has 2 aromatic carbocycles. The second kappa shape index (κ2) is 7.55. The van der Waals surface area contributed by atoms with E-state index >= 15 is 0 Å². The number of aromatic nitrogens is 1. The Balaban J connectivity index is 1.76. The van der Waals surface area contributed by atoms with Crippen LogP contribution in [0.15, 0.2) is 59.1 Å². The zero-order valence-electron chi connectivity index (χ0n) is 13.1. The van der Waals surface area contributed by atoms with Gasteiger partial charge in [-0.1, -0.05) is 53.2 Å². The fraction of sp³-hybridized carbons (Fsp3) is 0.0556. The molecule has 3 aromatic rings. The molecule has 1 heterocycles. The third kappa shape index (κ3) is 3.92. The van der Waals surface area contributed by atoms with Crippen LogP contribution in [0, 0.1) is 5.82 Å². The first-order valence-corrected chi connectivity index (χ1v) is 8.53. The SMILES string of the molecule is CC(=NOC(=O)c1c(F)cccc1Cl)c1csc(-c2ccccc2)n1. The number of hydrogen-bond acceptors (Lipinski definition) is 5. The molecule has 0 aliphatic carbocycles. The van der Waals surface area contributed by atoms with Gasteiger partial charge < -0.3 is 4.84 Å². The lowest BCUT2D eigenvalue weighted by Crippen LogP contribution is -2.07. The topological polar surface area (TPSA) is 51.5 Å². The lowest BCUT2D eigenvalue weighted by atomic mass is 10.2. The van der Waals surface area contributed by atoms with Crippen molar-refractivity contribution in [1.82, 2.24) is 4.98 Å². The smallest absolute Gasteiger partial charge is 0.312 e. The standard InChI is InChI=1S/C18H12ClFN2O2S/c1-11(15-10-25-17(21-15)12-6-3-2-4-7-12)22-24-18(23)16-13(19)8-5-9-14(16)20/h2-10H,1H3. The van der Waals surface area contributed by atoms with Crippen LogP contribution in [0.2, 0.25) is 5.02 Å². The Kier molecular flexibility index (Phi) is 5.21. The largest absolute Gasteiger partial charge is 0.370 e. The highest BCUT2D eigenvalue weighted by atomic mass is 35.5. The molecule has 0 aliphatic rings. The summed E-state index contributed by atoms with van der Waals surface area (Å²) in [4.78, 5) is 21.2. The predicted octanol–water partition coefficient (Wildman–Crippen LogP) is 5.18. The van der Waals surface area contributed by atoms with Gasteiger partial charge in [0.05, 0.1) is 10.7 Å². The van der Waals surface area contributed by atoms with E-state index in [0.29, 0.717) is 11.4 Å². The van der Waals surface area contributed by atoms with Crippen molar-refractivity contribution in [1.29, 1.82) is 0 Å². The van der Waals surface area contributed by atoms with E-state index in [1.54, 1.807) is 6.92 Å². The number of oxime groups is 1. The maximum Gasteiger partial charge on any atom is 0.370 e. The summed E-state index contributed by atoms with van der Waals surface area (Å²) in [6.07, 6.45) is 0. The van der Waals surface area contributed by atoms with Crippen LogP contribution in [0.1, 0.15) is 23.0 Å². The Morgan fingerprint density at radius 2 is 1.96 bits per heavy atom. The summed E-state index contributed by atoms with van der Waals surface area (Å²) in [6.45, 7) is 1.65. The third-order valence-corrected chi connectivity index (χ3v) is 4.53. The minimum absolute atomic E-state index is 0.0297. The van der Waals surface area contributed by atoms with E-state index < -0.39 is 11.8 Å².